The molecule has 4 aromatic rings. The van der Waals surface area contributed by atoms with Crippen molar-refractivity contribution in [3.05, 3.63) is 95.1 Å². The summed E-state index contributed by atoms with van der Waals surface area (Å²) in [6, 6.07) is 22.7. The maximum absolute atomic E-state index is 13.5. The molecule has 0 saturated heterocycles. The molecule has 32 heavy (non-hydrogen) atoms. The number of rotatable bonds is 4. The summed E-state index contributed by atoms with van der Waals surface area (Å²) in [5.41, 5.74) is 8.77. The molecule has 2 heterocycles. The van der Waals surface area contributed by atoms with E-state index in [1.54, 1.807) is 11.8 Å². The standard InChI is InChI=1S/C26H24N4O2/c1-15-11-13-17(14-12-15)23-22(20-9-5-6-10-21(20)28-23)24-18-7-3-4-8-19(18)26(32)30(24)16(2)25(31)29-27/h3-14,16,24,28H,27H2,1-2H3,(H,29,31). The number of amides is 2. The third-order valence-electron chi connectivity index (χ3n) is 6.30. The monoisotopic (exact) mass is 424 g/mol. The maximum atomic E-state index is 13.5. The lowest BCUT2D eigenvalue weighted by atomic mass is 9.92. The van der Waals surface area contributed by atoms with E-state index in [2.05, 4.69) is 47.7 Å². The van der Waals surface area contributed by atoms with Crippen molar-refractivity contribution in [2.75, 3.05) is 0 Å². The molecule has 1 aromatic heterocycles. The molecule has 1 aliphatic rings. The Kier molecular flexibility index (Phi) is 4.79. The molecule has 6 nitrogen and oxygen atoms in total. The van der Waals surface area contributed by atoms with Gasteiger partial charge in [-0.2, -0.15) is 0 Å². The predicted octanol–water partition coefficient (Wildman–Crippen LogP) is 4.07. The summed E-state index contributed by atoms with van der Waals surface area (Å²) >= 11 is 0. The minimum absolute atomic E-state index is 0.179. The molecule has 0 spiro atoms. The van der Waals surface area contributed by atoms with E-state index in [0.717, 1.165) is 33.3 Å². The van der Waals surface area contributed by atoms with Crippen LogP contribution in [-0.2, 0) is 4.79 Å². The summed E-state index contributed by atoms with van der Waals surface area (Å²) in [7, 11) is 0. The highest BCUT2D eigenvalue weighted by Gasteiger charge is 2.44. The van der Waals surface area contributed by atoms with E-state index in [0.29, 0.717) is 5.56 Å². The highest BCUT2D eigenvalue weighted by Crippen LogP contribution is 2.46. The van der Waals surface area contributed by atoms with Gasteiger partial charge in [-0.25, -0.2) is 5.84 Å². The minimum atomic E-state index is -0.746. The number of nitrogens with zero attached hydrogens (tertiary/aromatic N) is 1. The van der Waals surface area contributed by atoms with Crippen molar-refractivity contribution in [3.8, 4) is 11.3 Å². The highest BCUT2D eigenvalue weighted by atomic mass is 16.2. The molecular formula is C26H24N4O2. The van der Waals surface area contributed by atoms with E-state index in [9.17, 15) is 9.59 Å². The van der Waals surface area contributed by atoms with Crippen LogP contribution in [0.2, 0.25) is 0 Å². The number of nitrogens with one attached hydrogen (secondary N) is 2. The van der Waals surface area contributed by atoms with Crippen LogP contribution in [0.4, 0.5) is 0 Å². The topological polar surface area (TPSA) is 91.2 Å². The molecule has 3 aromatic carbocycles. The van der Waals surface area contributed by atoms with Crippen molar-refractivity contribution in [2.24, 2.45) is 5.84 Å². The Morgan fingerprint density at radius 2 is 1.72 bits per heavy atom. The van der Waals surface area contributed by atoms with E-state index in [1.165, 1.54) is 5.56 Å². The molecule has 5 rings (SSSR count). The first-order valence-corrected chi connectivity index (χ1v) is 10.6. The van der Waals surface area contributed by atoms with Crippen LogP contribution in [0.3, 0.4) is 0 Å². The first kappa shape index (κ1) is 20.0. The second kappa shape index (κ2) is 7.66. The van der Waals surface area contributed by atoms with Gasteiger partial charge in [0.05, 0.1) is 11.7 Å². The SMILES string of the molecule is Cc1ccc(-c2[nH]c3ccccc3c2C2c3ccccc3C(=O)N2C(C)C(=O)NN)cc1. The fourth-order valence-corrected chi connectivity index (χ4v) is 4.67. The van der Waals surface area contributed by atoms with Crippen LogP contribution in [0.15, 0.2) is 72.8 Å². The number of fused-ring (bicyclic) bond motifs is 2. The molecule has 6 heteroatoms. The first-order valence-electron chi connectivity index (χ1n) is 10.6. The van der Waals surface area contributed by atoms with Gasteiger partial charge in [-0.1, -0.05) is 66.2 Å². The summed E-state index contributed by atoms with van der Waals surface area (Å²) in [5.74, 6) is 4.85. The summed E-state index contributed by atoms with van der Waals surface area (Å²) in [4.78, 5) is 31.2. The molecule has 2 amide bonds. The molecule has 4 N–H and O–H groups in total. The number of carbonyl (C=O) groups excluding carboxylic acids is 2. The summed E-state index contributed by atoms with van der Waals surface area (Å²) in [5, 5.41) is 1.02. The minimum Gasteiger partial charge on any atom is -0.354 e. The normalized spacial score (nSPS) is 16.3. The molecule has 1 aliphatic heterocycles. The fraction of sp³-hybridized carbons (Fsp3) is 0.154. The Bertz CT molecular complexity index is 1340. The largest absolute Gasteiger partial charge is 0.354 e. The summed E-state index contributed by atoms with van der Waals surface area (Å²) in [6.07, 6.45) is 0. The number of hydrogen-bond acceptors (Lipinski definition) is 3. The summed E-state index contributed by atoms with van der Waals surface area (Å²) in [6.45, 7) is 3.76. The summed E-state index contributed by atoms with van der Waals surface area (Å²) < 4.78 is 0. The molecule has 2 unspecified atom stereocenters. The number of aryl methyl sites for hydroxylation is 1. The Hall–Kier alpha value is -3.90. The predicted molar refractivity (Wildman–Crippen MR) is 125 cm³/mol. The number of H-pyrrole nitrogens is 1. The second-order valence-corrected chi connectivity index (χ2v) is 8.21. The van der Waals surface area contributed by atoms with Crippen molar-refractivity contribution in [1.29, 1.82) is 0 Å². The molecule has 2 atom stereocenters. The average Bonchev–Trinajstić information content (AvgIpc) is 3.34. The Morgan fingerprint density at radius 3 is 2.47 bits per heavy atom. The molecule has 0 aliphatic carbocycles. The van der Waals surface area contributed by atoms with Crippen LogP contribution in [0.1, 0.15) is 40.0 Å². The third kappa shape index (κ3) is 2.99. The van der Waals surface area contributed by atoms with Crippen molar-refractivity contribution in [2.45, 2.75) is 25.9 Å². The van der Waals surface area contributed by atoms with Crippen LogP contribution < -0.4 is 11.3 Å². The Morgan fingerprint density at radius 1 is 1.03 bits per heavy atom. The van der Waals surface area contributed by atoms with E-state index in [-0.39, 0.29) is 5.91 Å². The van der Waals surface area contributed by atoms with Crippen molar-refractivity contribution < 1.29 is 9.59 Å². The molecular weight excluding hydrogens is 400 g/mol. The number of nitrogens with two attached hydrogens (primary N) is 1. The van der Waals surface area contributed by atoms with Crippen LogP contribution in [-0.4, -0.2) is 27.7 Å². The number of para-hydroxylation sites is 1. The maximum Gasteiger partial charge on any atom is 0.256 e. The van der Waals surface area contributed by atoms with Crippen LogP contribution in [0.5, 0.6) is 0 Å². The van der Waals surface area contributed by atoms with E-state index >= 15 is 0 Å². The van der Waals surface area contributed by atoms with Crippen LogP contribution in [0, 0.1) is 6.92 Å². The third-order valence-corrected chi connectivity index (χ3v) is 6.30. The quantitative estimate of drug-likeness (QED) is 0.262. The van der Waals surface area contributed by atoms with Crippen LogP contribution >= 0.6 is 0 Å². The molecule has 0 saturated carbocycles. The van der Waals surface area contributed by atoms with Gasteiger partial charge in [0.25, 0.3) is 11.8 Å². The van der Waals surface area contributed by atoms with Gasteiger partial charge < -0.3 is 9.88 Å². The lowest BCUT2D eigenvalue weighted by Crippen LogP contribution is -2.49. The van der Waals surface area contributed by atoms with Gasteiger partial charge in [0.15, 0.2) is 0 Å². The van der Waals surface area contributed by atoms with Crippen molar-refractivity contribution in [3.63, 3.8) is 0 Å². The van der Waals surface area contributed by atoms with Gasteiger partial charge in [0, 0.05) is 22.0 Å². The smallest absolute Gasteiger partial charge is 0.256 e. The number of hydrazine groups is 1. The first-order chi connectivity index (χ1) is 15.5. The van der Waals surface area contributed by atoms with Crippen molar-refractivity contribution >= 4 is 22.7 Å². The fourth-order valence-electron chi connectivity index (χ4n) is 4.67. The Balaban J connectivity index is 1.81. The molecule has 160 valence electrons. The van der Waals surface area contributed by atoms with Crippen LogP contribution in [0.25, 0.3) is 22.2 Å². The second-order valence-electron chi connectivity index (χ2n) is 8.21. The molecule has 0 bridgehead atoms. The molecule has 0 radical (unpaired) electrons. The van der Waals surface area contributed by atoms with Crippen molar-refractivity contribution in [1.82, 2.24) is 15.3 Å². The zero-order chi connectivity index (χ0) is 22.4. The lowest BCUT2D eigenvalue weighted by molar-refractivity contribution is -0.125. The van der Waals surface area contributed by atoms with E-state index < -0.39 is 18.0 Å². The average molecular weight is 425 g/mol. The Labute approximate surface area is 186 Å². The van der Waals surface area contributed by atoms with E-state index in [1.807, 2.05) is 42.5 Å². The van der Waals surface area contributed by atoms with Gasteiger partial charge in [0.2, 0.25) is 0 Å². The molecule has 0 fully saturated rings. The number of carbonyl (C=O) groups is 2. The van der Waals surface area contributed by atoms with E-state index in [4.69, 9.17) is 5.84 Å². The zero-order valence-corrected chi connectivity index (χ0v) is 17.9. The van der Waals surface area contributed by atoms with Gasteiger partial charge in [-0.3, -0.25) is 15.0 Å². The van der Waals surface area contributed by atoms with Gasteiger partial charge in [0.1, 0.15) is 6.04 Å². The highest BCUT2D eigenvalue weighted by molar-refractivity contribution is 6.04. The van der Waals surface area contributed by atoms with Gasteiger partial charge in [-0.05, 0) is 37.1 Å². The van der Waals surface area contributed by atoms with Gasteiger partial charge in [-0.15, -0.1) is 0 Å². The van der Waals surface area contributed by atoms with Gasteiger partial charge >= 0.3 is 0 Å². The number of benzene rings is 3. The number of aromatic nitrogens is 1. The number of hydrogen-bond donors (Lipinski definition) is 3. The lowest BCUT2D eigenvalue weighted by Gasteiger charge is -2.31. The zero-order valence-electron chi connectivity index (χ0n) is 17.9. The number of aromatic amines is 1.